The molecule has 0 aliphatic carbocycles. The van der Waals surface area contributed by atoms with E-state index in [1.54, 1.807) is 6.07 Å². The molecular formula is C13H20N4O2. The second-order valence-electron chi connectivity index (χ2n) is 5.10. The molecule has 1 aliphatic heterocycles. The summed E-state index contributed by atoms with van der Waals surface area (Å²) in [6.45, 7) is 2.07. The highest BCUT2D eigenvalue weighted by atomic mass is 16.4. The van der Waals surface area contributed by atoms with Gasteiger partial charge in [0.15, 0.2) is 0 Å². The van der Waals surface area contributed by atoms with Crippen LogP contribution in [-0.2, 0) is 0 Å². The van der Waals surface area contributed by atoms with E-state index in [0.717, 1.165) is 25.9 Å². The summed E-state index contributed by atoms with van der Waals surface area (Å²) in [5, 5.41) is 9.09. The molecular weight excluding hydrogens is 244 g/mol. The van der Waals surface area contributed by atoms with Crippen molar-refractivity contribution in [2.24, 2.45) is 0 Å². The number of carboxylic acids is 1. The van der Waals surface area contributed by atoms with E-state index >= 15 is 0 Å². The lowest BCUT2D eigenvalue weighted by atomic mass is 10.0. The predicted molar refractivity (Wildman–Crippen MR) is 74.5 cm³/mol. The van der Waals surface area contributed by atoms with Gasteiger partial charge in [-0.3, -0.25) is 0 Å². The monoisotopic (exact) mass is 264 g/mol. The van der Waals surface area contributed by atoms with Crippen LogP contribution in [0.3, 0.4) is 0 Å². The van der Waals surface area contributed by atoms with Gasteiger partial charge in [0.1, 0.15) is 5.82 Å². The number of carboxylic acid groups (broad SMARTS) is 1. The Morgan fingerprint density at radius 3 is 3.00 bits per heavy atom. The van der Waals surface area contributed by atoms with Crippen molar-refractivity contribution in [3.8, 4) is 0 Å². The van der Waals surface area contributed by atoms with Gasteiger partial charge in [0.25, 0.3) is 0 Å². The number of carbonyl (C=O) groups is 1. The smallest absolute Gasteiger partial charge is 0.337 e. The van der Waals surface area contributed by atoms with Gasteiger partial charge in [0.05, 0.1) is 17.4 Å². The molecule has 0 saturated carbocycles. The fourth-order valence-corrected chi connectivity index (χ4v) is 2.48. The van der Waals surface area contributed by atoms with Gasteiger partial charge in [-0.25, -0.2) is 9.78 Å². The first-order valence-corrected chi connectivity index (χ1v) is 6.39. The number of hydrogen-bond acceptors (Lipinski definition) is 5. The molecule has 104 valence electrons. The molecule has 0 aromatic carbocycles. The van der Waals surface area contributed by atoms with Gasteiger partial charge >= 0.3 is 5.97 Å². The normalized spacial score (nSPS) is 20.2. The van der Waals surface area contributed by atoms with Crippen molar-refractivity contribution in [3.63, 3.8) is 0 Å². The predicted octanol–water partition coefficient (Wildman–Crippen LogP) is 0.892. The van der Waals surface area contributed by atoms with Gasteiger partial charge in [-0.1, -0.05) is 0 Å². The number of aromatic nitrogens is 1. The van der Waals surface area contributed by atoms with Crippen LogP contribution in [-0.4, -0.2) is 54.2 Å². The molecule has 1 aromatic heterocycles. The fraction of sp³-hybridized carbons (Fsp3) is 0.538. The first kappa shape index (κ1) is 13.6. The number of piperidine rings is 1. The van der Waals surface area contributed by atoms with Gasteiger partial charge in [0, 0.05) is 19.6 Å². The Morgan fingerprint density at radius 2 is 2.37 bits per heavy atom. The highest BCUT2D eigenvalue weighted by Gasteiger charge is 2.23. The highest BCUT2D eigenvalue weighted by Crippen LogP contribution is 2.22. The summed E-state index contributed by atoms with van der Waals surface area (Å²) in [6, 6.07) is 1.91. The van der Waals surface area contributed by atoms with E-state index < -0.39 is 5.97 Å². The molecule has 0 amide bonds. The summed E-state index contributed by atoms with van der Waals surface area (Å²) in [5.41, 5.74) is 5.93. The Hall–Kier alpha value is -1.82. The van der Waals surface area contributed by atoms with Crippen LogP contribution < -0.4 is 10.6 Å². The van der Waals surface area contributed by atoms with E-state index in [1.807, 2.05) is 11.9 Å². The van der Waals surface area contributed by atoms with Crippen molar-refractivity contribution in [2.75, 3.05) is 37.8 Å². The maximum Gasteiger partial charge on any atom is 0.337 e. The molecule has 1 unspecified atom stereocenters. The quantitative estimate of drug-likeness (QED) is 0.843. The van der Waals surface area contributed by atoms with E-state index in [-0.39, 0.29) is 11.3 Å². The third-order valence-electron chi connectivity index (χ3n) is 3.66. The van der Waals surface area contributed by atoms with Crippen LogP contribution in [0.4, 0.5) is 11.5 Å². The molecule has 0 bridgehead atoms. The number of hydrogen-bond donors (Lipinski definition) is 2. The van der Waals surface area contributed by atoms with Crippen LogP contribution in [0.1, 0.15) is 23.2 Å². The second-order valence-corrected chi connectivity index (χ2v) is 5.10. The summed E-state index contributed by atoms with van der Waals surface area (Å²) in [7, 11) is 4.05. The van der Waals surface area contributed by atoms with Crippen LogP contribution in [0.5, 0.6) is 0 Å². The largest absolute Gasteiger partial charge is 0.478 e. The molecule has 6 nitrogen and oxygen atoms in total. The molecule has 6 heteroatoms. The number of nitrogens with zero attached hydrogens (tertiary/aromatic N) is 3. The molecule has 0 radical (unpaired) electrons. The number of anilines is 2. The minimum absolute atomic E-state index is 0.112. The van der Waals surface area contributed by atoms with Crippen LogP contribution in [0.15, 0.2) is 12.3 Å². The number of nitrogens with two attached hydrogens (primary N) is 1. The molecule has 1 fully saturated rings. The number of rotatable bonds is 3. The molecule has 3 N–H and O–H groups in total. The Balaban J connectivity index is 2.21. The van der Waals surface area contributed by atoms with E-state index in [9.17, 15) is 4.79 Å². The second kappa shape index (κ2) is 5.44. The summed E-state index contributed by atoms with van der Waals surface area (Å²) in [5.74, 6) is -0.359. The van der Waals surface area contributed by atoms with Crippen LogP contribution in [0, 0.1) is 0 Å². The number of likely N-dealkylation sites (N-methyl/N-ethyl adjacent to an activating group) is 2. The first-order chi connectivity index (χ1) is 8.99. The lowest BCUT2D eigenvalue weighted by molar-refractivity contribution is 0.0698. The Kier molecular flexibility index (Phi) is 3.90. The Labute approximate surface area is 112 Å². The van der Waals surface area contributed by atoms with Crippen molar-refractivity contribution in [2.45, 2.75) is 18.9 Å². The van der Waals surface area contributed by atoms with E-state index in [4.69, 9.17) is 10.8 Å². The molecule has 0 spiro atoms. The third kappa shape index (κ3) is 2.96. The van der Waals surface area contributed by atoms with Gasteiger partial charge < -0.3 is 20.6 Å². The van der Waals surface area contributed by atoms with E-state index in [0.29, 0.717) is 11.9 Å². The lowest BCUT2D eigenvalue weighted by Crippen LogP contribution is -2.45. The van der Waals surface area contributed by atoms with Gasteiger partial charge in [-0.2, -0.15) is 0 Å². The summed E-state index contributed by atoms with van der Waals surface area (Å²) < 4.78 is 0. The summed E-state index contributed by atoms with van der Waals surface area (Å²) in [6.07, 6.45) is 3.66. The molecule has 1 aliphatic rings. The molecule has 1 saturated heterocycles. The number of nitrogen functional groups attached to an aromatic ring is 1. The average Bonchev–Trinajstić information content (AvgIpc) is 2.38. The van der Waals surface area contributed by atoms with Crippen molar-refractivity contribution >= 4 is 17.5 Å². The zero-order valence-corrected chi connectivity index (χ0v) is 11.3. The van der Waals surface area contributed by atoms with Gasteiger partial charge in [-0.15, -0.1) is 0 Å². The van der Waals surface area contributed by atoms with Crippen molar-refractivity contribution < 1.29 is 9.90 Å². The zero-order valence-electron chi connectivity index (χ0n) is 11.3. The van der Waals surface area contributed by atoms with Gasteiger partial charge in [-0.05, 0) is 32.5 Å². The molecule has 2 heterocycles. The number of aromatic carboxylic acids is 1. The van der Waals surface area contributed by atoms with E-state index in [2.05, 4.69) is 16.9 Å². The maximum atomic E-state index is 11.1. The summed E-state index contributed by atoms with van der Waals surface area (Å²) in [4.78, 5) is 19.7. The number of pyridine rings is 1. The maximum absolute atomic E-state index is 11.1. The van der Waals surface area contributed by atoms with Crippen molar-refractivity contribution in [1.29, 1.82) is 0 Å². The SMILES string of the molecule is CN1CCCC(N(C)c2cc(C(=O)O)c(N)cn2)C1. The highest BCUT2D eigenvalue weighted by molar-refractivity contribution is 5.94. The van der Waals surface area contributed by atoms with E-state index in [1.165, 1.54) is 6.20 Å². The minimum Gasteiger partial charge on any atom is -0.478 e. The zero-order chi connectivity index (χ0) is 14.0. The topological polar surface area (TPSA) is 82.7 Å². The third-order valence-corrected chi connectivity index (χ3v) is 3.66. The van der Waals surface area contributed by atoms with Crippen molar-refractivity contribution in [1.82, 2.24) is 9.88 Å². The number of likely N-dealkylation sites (tertiary alicyclic amines) is 1. The average molecular weight is 264 g/mol. The fourth-order valence-electron chi connectivity index (χ4n) is 2.48. The van der Waals surface area contributed by atoms with Crippen LogP contribution in [0.2, 0.25) is 0 Å². The Bertz CT molecular complexity index is 478. The van der Waals surface area contributed by atoms with Crippen molar-refractivity contribution in [3.05, 3.63) is 17.8 Å². The molecule has 1 atom stereocenters. The standard InChI is InChI=1S/C13H20N4O2/c1-16-5-3-4-9(8-16)17(2)12-6-10(13(18)19)11(14)7-15-12/h6-7,9H,3-5,8,14H2,1-2H3,(H,18,19). The Morgan fingerprint density at radius 1 is 1.63 bits per heavy atom. The lowest BCUT2D eigenvalue weighted by Gasteiger charge is -2.36. The molecule has 19 heavy (non-hydrogen) atoms. The summed E-state index contributed by atoms with van der Waals surface area (Å²) >= 11 is 0. The minimum atomic E-state index is -1.02. The first-order valence-electron chi connectivity index (χ1n) is 6.39. The van der Waals surface area contributed by atoms with Crippen LogP contribution >= 0.6 is 0 Å². The molecule has 2 rings (SSSR count). The van der Waals surface area contributed by atoms with Crippen LogP contribution in [0.25, 0.3) is 0 Å². The van der Waals surface area contributed by atoms with Gasteiger partial charge in [0.2, 0.25) is 0 Å². The molecule has 1 aromatic rings.